The zero-order chi connectivity index (χ0) is 20.4. The minimum Gasteiger partial charge on any atom is -0.465 e. The molecule has 3 rings (SSSR count). The molecule has 2 aromatic carbocycles. The molecule has 8 nitrogen and oxygen atoms in total. The molecule has 0 radical (unpaired) electrons. The summed E-state index contributed by atoms with van der Waals surface area (Å²) in [7, 11) is 2.73. The number of hydrogen-bond acceptors (Lipinski definition) is 6. The Morgan fingerprint density at radius 3 is 2.46 bits per heavy atom. The van der Waals surface area contributed by atoms with Crippen molar-refractivity contribution in [3.8, 4) is 0 Å². The number of nitro groups is 1. The maximum atomic E-state index is 12.9. The van der Waals surface area contributed by atoms with Crippen LogP contribution in [0.15, 0.2) is 52.9 Å². The number of nitrogens with zero attached hydrogens (tertiary/aromatic N) is 2. The molecule has 0 aliphatic rings. The van der Waals surface area contributed by atoms with E-state index in [1.54, 1.807) is 14.0 Å². The van der Waals surface area contributed by atoms with Gasteiger partial charge in [0.1, 0.15) is 11.3 Å². The molecule has 3 aromatic rings. The van der Waals surface area contributed by atoms with Crippen molar-refractivity contribution in [3.63, 3.8) is 0 Å². The number of methoxy groups -OCH3 is 1. The molecule has 8 heteroatoms. The van der Waals surface area contributed by atoms with Gasteiger partial charge in [-0.05, 0) is 25.1 Å². The molecule has 0 saturated heterocycles. The van der Waals surface area contributed by atoms with Crippen molar-refractivity contribution < 1.29 is 23.7 Å². The third-order valence-corrected chi connectivity index (χ3v) is 4.55. The van der Waals surface area contributed by atoms with Crippen LogP contribution in [0.4, 0.5) is 5.69 Å². The van der Waals surface area contributed by atoms with E-state index >= 15 is 0 Å². The molecule has 0 aliphatic carbocycles. The summed E-state index contributed by atoms with van der Waals surface area (Å²) in [5.41, 5.74) is 0.287. The number of non-ortho nitro benzene ring substituents is 1. The van der Waals surface area contributed by atoms with Crippen molar-refractivity contribution in [1.82, 2.24) is 4.90 Å². The van der Waals surface area contributed by atoms with E-state index < -0.39 is 22.8 Å². The van der Waals surface area contributed by atoms with E-state index in [0.717, 1.165) is 17.5 Å². The lowest BCUT2D eigenvalue weighted by atomic mass is 10.1. The molecule has 1 aromatic heterocycles. The topological polar surface area (TPSA) is 103 Å². The van der Waals surface area contributed by atoms with Gasteiger partial charge in [0.15, 0.2) is 0 Å². The molecule has 1 amide bonds. The highest BCUT2D eigenvalue weighted by Crippen LogP contribution is 2.28. The Labute approximate surface area is 160 Å². The number of ether oxygens (including phenoxy) is 1. The Bertz CT molecular complexity index is 1040. The fourth-order valence-corrected chi connectivity index (χ4v) is 2.85. The lowest BCUT2D eigenvalue weighted by Crippen LogP contribution is -2.29. The minimum absolute atomic E-state index is 0.0139. The summed E-state index contributed by atoms with van der Waals surface area (Å²) in [5, 5.41) is 12.1. The first-order valence-corrected chi connectivity index (χ1v) is 8.45. The van der Waals surface area contributed by atoms with Crippen LogP contribution in [0, 0.1) is 10.1 Å². The SMILES string of the molecule is COC(=O)c1cc(C(=O)N(C)C(C)c2cc3ccccc3o2)cc([N+](=O)[O-])c1. The lowest BCUT2D eigenvalue weighted by molar-refractivity contribution is -0.384. The van der Waals surface area contributed by atoms with E-state index in [0.29, 0.717) is 11.3 Å². The van der Waals surface area contributed by atoms with Crippen LogP contribution in [-0.4, -0.2) is 35.9 Å². The van der Waals surface area contributed by atoms with Crippen LogP contribution in [-0.2, 0) is 4.74 Å². The fraction of sp³-hybridized carbons (Fsp3) is 0.200. The molecule has 1 unspecified atom stereocenters. The summed E-state index contributed by atoms with van der Waals surface area (Å²) in [4.78, 5) is 36.6. The highest BCUT2D eigenvalue weighted by atomic mass is 16.6. The molecule has 0 aliphatic heterocycles. The van der Waals surface area contributed by atoms with E-state index in [2.05, 4.69) is 4.74 Å². The van der Waals surface area contributed by atoms with Crippen molar-refractivity contribution in [1.29, 1.82) is 0 Å². The molecule has 0 spiro atoms. The summed E-state index contributed by atoms with van der Waals surface area (Å²) in [6.07, 6.45) is 0. The Hall–Kier alpha value is -3.68. The van der Waals surface area contributed by atoms with Gasteiger partial charge in [-0.2, -0.15) is 0 Å². The number of amides is 1. The number of para-hydroxylation sites is 1. The second-order valence-corrected chi connectivity index (χ2v) is 6.30. The van der Waals surface area contributed by atoms with Gasteiger partial charge in [0.25, 0.3) is 11.6 Å². The number of carbonyl (C=O) groups is 2. The van der Waals surface area contributed by atoms with Crippen LogP contribution in [0.5, 0.6) is 0 Å². The largest absolute Gasteiger partial charge is 0.465 e. The highest BCUT2D eigenvalue weighted by Gasteiger charge is 2.25. The first-order chi connectivity index (χ1) is 13.3. The van der Waals surface area contributed by atoms with Gasteiger partial charge < -0.3 is 14.1 Å². The Kier molecular flexibility index (Phi) is 5.12. The van der Waals surface area contributed by atoms with Gasteiger partial charge in [0.2, 0.25) is 0 Å². The molecule has 0 fully saturated rings. The van der Waals surface area contributed by atoms with Gasteiger partial charge in [-0.1, -0.05) is 18.2 Å². The Morgan fingerprint density at radius 2 is 1.82 bits per heavy atom. The first kappa shape index (κ1) is 19.1. The summed E-state index contributed by atoms with van der Waals surface area (Å²) in [6, 6.07) is 12.4. The third kappa shape index (κ3) is 3.57. The zero-order valence-corrected chi connectivity index (χ0v) is 15.5. The van der Waals surface area contributed by atoms with Crippen LogP contribution in [0.25, 0.3) is 11.0 Å². The second kappa shape index (κ2) is 7.51. The maximum Gasteiger partial charge on any atom is 0.338 e. The quantitative estimate of drug-likeness (QED) is 0.376. The predicted molar refractivity (Wildman–Crippen MR) is 101 cm³/mol. The van der Waals surface area contributed by atoms with E-state index in [4.69, 9.17) is 4.42 Å². The molecular formula is C20H18N2O6. The van der Waals surface area contributed by atoms with E-state index in [-0.39, 0.29) is 16.8 Å². The third-order valence-electron chi connectivity index (χ3n) is 4.55. The number of rotatable bonds is 5. The normalized spacial score (nSPS) is 11.8. The number of fused-ring (bicyclic) bond motifs is 1. The van der Waals surface area contributed by atoms with Gasteiger partial charge in [0, 0.05) is 30.1 Å². The maximum absolute atomic E-state index is 12.9. The minimum atomic E-state index is -0.759. The molecular weight excluding hydrogens is 364 g/mol. The molecule has 1 atom stereocenters. The number of hydrogen-bond donors (Lipinski definition) is 0. The monoisotopic (exact) mass is 382 g/mol. The van der Waals surface area contributed by atoms with Gasteiger partial charge in [-0.25, -0.2) is 4.79 Å². The average Bonchev–Trinajstić information content (AvgIpc) is 3.15. The lowest BCUT2D eigenvalue weighted by Gasteiger charge is -2.23. The molecule has 0 saturated carbocycles. The summed E-state index contributed by atoms with van der Waals surface area (Å²) in [5.74, 6) is -0.664. The number of furan rings is 1. The zero-order valence-electron chi connectivity index (χ0n) is 15.5. The molecule has 0 N–H and O–H groups in total. The molecule has 0 bridgehead atoms. The standard InChI is InChI=1S/C20H18N2O6/c1-12(18-11-13-6-4-5-7-17(13)28-18)21(2)19(23)14-8-15(20(24)27-3)10-16(9-14)22(25)26/h4-12H,1-3H3. The Morgan fingerprint density at radius 1 is 1.14 bits per heavy atom. The Balaban J connectivity index is 1.94. The predicted octanol–water partition coefficient (Wildman–Crippen LogP) is 3.96. The van der Waals surface area contributed by atoms with Crippen molar-refractivity contribution >= 4 is 28.5 Å². The van der Waals surface area contributed by atoms with E-state index in [1.165, 1.54) is 18.1 Å². The molecule has 1 heterocycles. The van der Waals surface area contributed by atoms with Crippen LogP contribution in [0.2, 0.25) is 0 Å². The van der Waals surface area contributed by atoms with E-state index in [1.807, 2.05) is 30.3 Å². The van der Waals surface area contributed by atoms with Gasteiger partial charge >= 0.3 is 5.97 Å². The summed E-state index contributed by atoms with van der Waals surface area (Å²) >= 11 is 0. The number of benzene rings is 2. The first-order valence-electron chi connectivity index (χ1n) is 8.45. The molecule has 28 heavy (non-hydrogen) atoms. The smallest absolute Gasteiger partial charge is 0.338 e. The average molecular weight is 382 g/mol. The summed E-state index contributed by atoms with van der Waals surface area (Å²) < 4.78 is 10.4. The van der Waals surface area contributed by atoms with Gasteiger partial charge in [0.05, 0.1) is 23.6 Å². The fourth-order valence-electron chi connectivity index (χ4n) is 2.85. The van der Waals surface area contributed by atoms with Crippen LogP contribution < -0.4 is 0 Å². The van der Waals surface area contributed by atoms with Crippen molar-refractivity contribution in [2.24, 2.45) is 0 Å². The number of esters is 1. The van der Waals surface area contributed by atoms with E-state index in [9.17, 15) is 19.7 Å². The van der Waals surface area contributed by atoms with Gasteiger partial charge in [-0.3, -0.25) is 14.9 Å². The van der Waals surface area contributed by atoms with Crippen LogP contribution in [0.3, 0.4) is 0 Å². The van der Waals surface area contributed by atoms with Crippen molar-refractivity contribution in [3.05, 3.63) is 75.5 Å². The number of carbonyl (C=O) groups excluding carboxylic acids is 2. The second-order valence-electron chi connectivity index (χ2n) is 6.30. The van der Waals surface area contributed by atoms with Crippen molar-refractivity contribution in [2.45, 2.75) is 13.0 Å². The van der Waals surface area contributed by atoms with Gasteiger partial charge in [-0.15, -0.1) is 0 Å². The van der Waals surface area contributed by atoms with Crippen molar-refractivity contribution in [2.75, 3.05) is 14.2 Å². The highest BCUT2D eigenvalue weighted by molar-refractivity contribution is 5.99. The molecule has 144 valence electrons. The van der Waals surface area contributed by atoms with Crippen LogP contribution >= 0.6 is 0 Å². The number of nitro benzene ring substituents is 1. The summed E-state index contributed by atoms with van der Waals surface area (Å²) in [6.45, 7) is 1.79. The van der Waals surface area contributed by atoms with Crippen LogP contribution in [0.1, 0.15) is 39.4 Å².